The van der Waals surface area contributed by atoms with Crippen molar-refractivity contribution in [3.05, 3.63) is 41.5 Å². The quantitative estimate of drug-likeness (QED) is 0.828. The highest BCUT2D eigenvalue weighted by atomic mass is 19.4. The van der Waals surface area contributed by atoms with Crippen molar-refractivity contribution in [1.82, 2.24) is 9.97 Å². The van der Waals surface area contributed by atoms with Gasteiger partial charge in [0, 0.05) is 18.0 Å². The highest BCUT2D eigenvalue weighted by molar-refractivity contribution is 5.96. The van der Waals surface area contributed by atoms with Crippen LogP contribution in [0.25, 0.3) is 11.3 Å². The number of amides is 1. The summed E-state index contributed by atoms with van der Waals surface area (Å²) in [6, 6.07) is 2.63. The smallest absolute Gasteiger partial charge is 0.384 e. The number of carbonyl (C=O) groups excluding carboxylic acids is 1. The van der Waals surface area contributed by atoms with Gasteiger partial charge in [-0.15, -0.1) is 0 Å². The number of anilines is 1. The van der Waals surface area contributed by atoms with E-state index in [1.165, 1.54) is 12.1 Å². The van der Waals surface area contributed by atoms with Crippen molar-refractivity contribution < 1.29 is 22.4 Å². The number of nitrogens with zero attached hydrogens (tertiary/aromatic N) is 2. The number of alkyl halides is 3. The lowest BCUT2D eigenvalue weighted by atomic mass is 10.0. The van der Waals surface area contributed by atoms with Gasteiger partial charge in [-0.3, -0.25) is 9.78 Å². The molecule has 1 amide bonds. The Hall–Kier alpha value is -2.71. The van der Waals surface area contributed by atoms with Gasteiger partial charge in [0.2, 0.25) is 0 Å². The highest BCUT2D eigenvalue weighted by Crippen LogP contribution is 2.34. The Bertz CT molecular complexity index is 699. The number of aromatic nitrogens is 2. The Morgan fingerprint density at radius 2 is 1.74 bits per heavy atom. The van der Waals surface area contributed by atoms with Gasteiger partial charge in [-0.25, -0.2) is 9.37 Å². The van der Waals surface area contributed by atoms with E-state index in [0.29, 0.717) is 6.20 Å². The van der Waals surface area contributed by atoms with E-state index >= 15 is 0 Å². The Morgan fingerprint density at radius 1 is 1.13 bits per heavy atom. The average molecular weight is 330 g/mol. The molecule has 0 saturated heterocycles. The zero-order chi connectivity index (χ0) is 17.8. The maximum absolute atomic E-state index is 14.2. The SMILES string of the molecule is CC.NC(=O)c1c(C(F)(F)F)cnc(-c2ccc(N)nc2)c1F. The number of nitrogens with two attached hydrogens (primary N) is 2. The first-order chi connectivity index (χ1) is 10.7. The summed E-state index contributed by atoms with van der Waals surface area (Å²) in [7, 11) is 0. The van der Waals surface area contributed by atoms with Crippen LogP contribution in [-0.4, -0.2) is 15.9 Å². The van der Waals surface area contributed by atoms with Gasteiger partial charge in [-0.2, -0.15) is 13.2 Å². The first-order valence-corrected chi connectivity index (χ1v) is 6.49. The van der Waals surface area contributed by atoms with Crippen LogP contribution in [0.4, 0.5) is 23.4 Å². The maximum atomic E-state index is 14.2. The van der Waals surface area contributed by atoms with E-state index in [4.69, 9.17) is 11.5 Å². The summed E-state index contributed by atoms with van der Waals surface area (Å²) < 4.78 is 52.4. The van der Waals surface area contributed by atoms with Crippen LogP contribution >= 0.6 is 0 Å². The molecule has 0 aromatic carbocycles. The van der Waals surface area contributed by atoms with Gasteiger partial charge in [0.05, 0.1) is 11.1 Å². The molecule has 23 heavy (non-hydrogen) atoms. The second-order valence-corrected chi connectivity index (χ2v) is 4.04. The third-order valence-corrected chi connectivity index (χ3v) is 2.63. The first kappa shape index (κ1) is 18.3. The van der Waals surface area contributed by atoms with Crippen LogP contribution in [0.5, 0.6) is 0 Å². The first-order valence-electron chi connectivity index (χ1n) is 6.49. The van der Waals surface area contributed by atoms with Crippen molar-refractivity contribution in [2.24, 2.45) is 5.73 Å². The molecule has 4 N–H and O–H groups in total. The summed E-state index contributed by atoms with van der Waals surface area (Å²) in [4.78, 5) is 18.2. The summed E-state index contributed by atoms with van der Waals surface area (Å²) >= 11 is 0. The fraction of sp³-hybridized carbons (Fsp3) is 0.214. The van der Waals surface area contributed by atoms with Crippen molar-refractivity contribution in [2.45, 2.75) is 20.0 Å². The van der Waals surface area contributed by atoms with E-state index in [1.807, 2.05) is 13.8 Å². The number of primary amides is 1. The minimum atomic E-state index is -4.95. The summed E-state index contributed by atoms with van der Waals surface area (Å²) in [6.07, 6.45) is -3.47. The molecule has 0 unspecified atom stereocenters. The molecule has 2 aromatic rings. The van der Waals surface area contributed by atoms with E-state index in [-0.39, 0.29) is 11.4 Å². The molecular formula is C14H14F4N4O. The second kappa shape index (κ2) is 7.03. The zero-order valence-electron chi connectivity index (χ0n) is 12.3. The van der Waals surface area contributed by atoms with Gasteiger partial charge >= 0.3 is 6.18 Å². The van der Waals surface area contributed by atoms with Crippen molar-refractivity contribution >= 4 is 11.7 Å². The molecule has 0 saturated carbocycles. The van der Waals surface area contributed by atoms with Crippen molar-refractivity contribution in [3.8, 4) is 11.3 Å². The van der Waals surface area contributed by atoms with Crippen LogP contribution < -0.4 is 11.5 Å². The predicted molar refractivity (Wildman–Crippen MR) is 76.7 cm³/mol. The predicted octanol–water partition coefficient (Wildman–Crippen LogP) is 3.01. The second-order valence-electron chi connectivity index (χ2n) is 4.04. The van der Waals surface area contributed by atoms with E-state index in [2.05, 4.69) is 9.97 Å². The normalized spacial score (nSPS) is 10.7. The van der Waals surface area contributed by atoms with Crippen molar-refractivity contribution in [1.29, 1.82) is 0 Å². The number of carbonyl (C=O) groups is 1. The van der Waals surface area contributed by atoms with Gasteiger partial charge in [0.15, 0.2) is 5.82 Å². The minimum absolute atomic E-state index is 0.0675. The van der Waals surface area contributed by atoms with Gasteiger partial charge in [-0.05, 0) is 12.1 Å². The standard InChI is InChI=1S/C12H8F4N4O.C2H6/c13-9-8(11(18)21)6(12(14,15)16)4-20-10(9)5-1-2-7(17)19-3-5;1-2/h1-4H,(H2,17,19)(H2,18,21);1-2H3. The van der Waals surface area contributed by atoms with E-state index in [9.17, 15) is 22.4 Å². The Balaban J connectivity index is 0.00000127. The largest absolute Gasteiger partial charge is 0.418 e. The summed E-state index contributed by atoms with van der Waals surface area (Å²) in [5.41, 5.74) is 7.01. The van der Waals surface area contributed by atoms with Gasteiger partial charge < -0.3 is 11.5 Å². The molecular weight excluding hydrogens is 316 g/mol. The molecule has 0 aliphatic carbocycles. The third kappa shape index (κ3) is 3.93. The summed E-state index contributed by atoms with van der Waals surface area (Å²) in [6.45, 7) is 4.00. The molecule has 9 heteroatoms. The van der Waals surface area contributed by atoms with Crippen LogP contribution in [0.2, 0.25) is 0 Å². The Kier molecular flexibility index (Phi) is 5.61. The molecule has 124 valence electrons. The monoisotopic (exact) mass is 330 g/mol. The van der Waals surface area contributed by atoms with Crippen LogP contribution in [-0.2, 0) is 6.18 Å². The number of hydrogen-bond acceptors (Lipinski definition) is 4. The van der Waals surface area contributed by atoms with Crippen LogP contribution in [0.15, 0.2) is 24.5 Å². The van der Waals surface area contributed by atoms with Crippen molar-refractivity contribution in [3.63, 3.8) is 0 Å². The topological polar surface area (TPSA) is 94.9 Å². The Morgan fingerprint density at radius 3 is 2.17 bits per heavy atom. The highest BCUT2D eigenvalue weighted by Gasteiger charge is 2.38. The number of hydrogen-bond donors (Lipinski definition) is 2. The molecule has 0 aliphatic rings. The summed E-state index contributed by atoms with van der Waals surface area (Å²) in [5.74, 6) is -2.85. The molecule has 0 spiro atoms. The number of halogens is 4. The minimum Gasteiger partial charge on any atom is -0.384 e. The van der Waals surface area contributed by atoms with Crippen LogP contribution in [0, 0.1) is 5.82 Å². The Labute approximate surface area is 129 Å². The van der Waals surface area contributed by atoms with Crippen molar-refractivity contribution in [2.75, 3.05) is 5.73 Å². The lowest BCUT2D eigenvalue weighted by Gasteiger charge is -2.13. The maximum Gasteiger partial charge on any atom is 0.418 e. The number of rotatable bonds is 2. The molecule has 0 bridgehead atoms. The molecule has 2 heterocycles. The fourth-order valence-electron chi connectivity index (χ4n) is 1.69. The van der Waals surface area contributed by atoms with E-state index in [1.54, 1.807) is 0 Å². The van der Waals surface area contributed by atoms with Gasteiger partial charge in [-0.1, -0.05) is 13.8 Å². The molecule has 0 fully saturated rings. The number of pyridine rings is 2. The average Bonchev–Trinajstić information content (AvgIpc) is 2.48. The molecule has 5 nitrogen and oxygen atoms in total. The summed E-state index contributed by atoms with van der Waals surface area (Å²) in [5, 5.41) is 0. The zero-order valence-corrected chi connectivity index (χ0v) is 12.3. The molecule has 2 rings (SSSR count). The van der Waals surface area contributed by atoms with Gasteiger partial charge in [0.25, 0.3) is 5.91 Å². The molecule has 0 radical (unpaired) electrons. The van der Waals surface area contributed by atoms with Crippen LogP contribution in [0.3, 0.4) is 0 Å². The van der Waals surface area contributed by atoms with Crippen LogP contribution in [0.1, 0.15) is 29.8 Å². The third-order valence-electron chi connectivity index (χ3n) is 2.63. The molecule has 0 atom stereocenters. The fourth-order valence-corrected chi connectivity index (χ4v) is 1.69. The van der Waals surface area contributed by atoms with E-state index in [0.717, 1.165) is 6.20 Å². The number of nitrogen functional groups attached to an aromatic ring is 1. The van der Waals surface area contributed by atoms with E-state index < -0.39 is 34.7 Å². The van der Waals surface area contributed by atoms with Gasteiger partial charge in [0.1, 0.15) is 11.5 Å². The molecule has 2 aromatic heterocycles. The lowest BCUT2D eigenvalue weighted by Crippen LogP contribution is -2.22. The molecule has 0 aliphatic heterocycles. The lowest BCUT2D eigenvalue weighted by molar-refractivity contribution is -0.138.